The second-order valence-electron chi connectivity index (χ2n) is 7.08. The molecule has 128 valence electrons. The van der Waals surface area contributed by atoms with Gasteiger partial charge < -0.3 is 10.2 Å². The van der Waals surface area contributed by atoms with Gasteiger partial charge in [0, 0.05) is 25.6 Å². The number of nitrogens with one attached hydrogen (secondary N) is 1. The molecule has 24 heavy (non-hydrogen) atoms. The van der Waals surface area contributed by atoms with Crippen molar-refractivity contribution in [3.63, 3.8) is 0 Å². The second kappa shape index (κ2) is 6.37. The Labute approximate surface area is 141 Å². The molecule has 0 bridgehead atoms. The Bertz CT molecular complexity index is 730. The summed E-state index contributed by atoms with van der Waals surface area (Å²) in [4.78, 5) is 14.2. The van der Waals surface area contributed by atoms with Gasteiger partial charge in [0.15, 0.2) is 0 Å². The number of aryl methyl sites for hydroxylation is 1. The summed E-state index contributed by atoms with van der Waals surface area (Å²) in [7, 11) is 0. The summed E-state index contributed by atoms with van der Waals surface area (Å²) in [5.41, 5.74) is 2.91. The first kappa shape index (κ1) is 15.4. The molecule has 0 unspecified atom stereocenters. The Balaban J connectivity index is 1.33. The summed E-state index contributed by atoms with van der Waals surface area (Å²) in [6.07, 6.45) is 7.89. The van der Waals surface area contributed by atoms with Crippen LogP contribution >= 0.6 is 0 Å². The minimum Gasteiger partial charge on any atom is -0.368 e. The number of carbonyl (C=O) groups excluding carboxylic acids is 1. The highest BCUT2D eigenvalue weighted by atomic mass is 16.1. The van der Waals surface area contributed by atoms with Crippen molar-refractivity contribution in [2.45, 2.75) is 51.5 Å². The van der Waals surface area contributed by atoms with Gasteiger partial charge in [-0.1, -0.05) is 0 Å². The van der Waals surface area contributed by atoms with Crippen molar-refractivity contribution in [2.24, 2.45) is 5.92 Å². The summed E-state index contributed by atoms with van der Waals surface area (Å²) in [5, 5.41) is 15.7. The van der Waals surface area contributed by atoms with Gasteiger partial charge in [-0.25, -0.2) is 0 Å². The Morgan fingerprint density at radius 3 is 2.83 bits per heavy atom. The topological polar surface area (TPSA) is 75.4 Å². The molecule has 2 aliphatic rings. The molecule has 2 fully saturated rings. The lowest BCUT2D eigenvalue weighted by Crippen LogP contribution is -2.35. The largest absolute Gasteiger partial charge is 0.368 e. The molecular weight excluding hydrogens is 304 g/mol. The standard InChI is InChI=1S/C17H24N6O/c1-12-10-15(17-20-18-11-23(17)21-12)22-8-6-13(7-9-22)2-5-16(24)19-14-3-4-14/h10-11,13-14H,2-9H2,1H3,(H,19,24). The molecule has 7 heteroatoms. The SMILES string of the molecule is Cc1cc(N2CCC(CCC(=O)NC3CC3)CC2)c2nncn2n1. The summed E-state index contributed by atoms with van der Waals surface area (Å²) in [5.74, 6) is 0.873. The molecule has 1 aliphatic heterocycles. The van der Waals surface area contributed by atoms with Crippen LogP contribution in [0.5, 0.6) is 0 Å². The third-order valence-electron chi connectivity index (χ3n) is 5.05. The summed E-state index contributed by atoms with van der Waals surface area (Å²) in [6, 6.07) is 2.56. The number of carbonyl (C=O) groups is 1. The highest BCUT2D eigenvalue weighted by molar-refractivity contribution is 5.76. The highest BCUT2D eigenvalue weighted by Crippen LogP contribution is 2.28. The zero-order chi connectivity index (χ0) is 16.5. The first-order chi connectivity index (χ1) is 11.7. The van der Waals surface area contributed by atoms with Gasteiger partial charge in [-0.3, -0.25) is 4.79 Å². The molecule has 1 saturated heterocycles. The smallest absolute Gasteiger partial charge is 0.220 e. The first-order valence-corrected chi connectivity index (χ1v) is 8.91. The maximum absolute atomic E-state index is 11.8. The van der Waals surface area contributed by atoms with E-state index in [0.717, 1.165) is 62.2 Å². The van der Waals surface area contributed by atoms with Crippen LogP contribution < -0.4 is 10.2 Å². The summed E-state index contributed by atoms with van der Waals surface area (Å²) < 4.78 is 1.75. The lowest BCUT2D eigenvalue weighted by atomic mass is 9.92. The first-order valence-electron chi connectivity index (χ1n) is 8.91. The van der Waals surface area contributed by atoms with E-state index in [-0.39, 0.29) is 5.91 Å². The molecular formula is C17H24N6O. The fourth-order valence-corrected chi connectivity index (χ4v) is 3.49. The Morgan fingerprint density at radius 2 is 2.08 bits per heavy atom. The molecule has 0 aromatic carbocycles. The molecule has 1 amide bonds. The van der Waals surface area contributed by atoms with Crippen molar-refractivity contribution < 1.29 is 4.79 Å². The third-order valence-corrected chi connectivity index (χ3v) is 5.05. The van der Waals surface area contributed by atoms with E-state index >= 15 is 0 Å². The van der Waals surface area contributed by atoms with Crippen LogP contribution in [0.2, 0.25) is 0 Å². The Hall–Kier alpha value is -2.18. The van der Waals surface area contributed by atoms with Gasteiger partial charge in [-0.05, 0) is 51.0 Å². The molecule has 1 saturated carbocycles. The molecule has 2 aromatic rings. The number of aromatic nitrogens is 4. The molecule has 0 radical (unpaired) electrons. The van der Waals surface area contributed by atoms with E-state index in [9.17, 15) is 4.79 Å². The summed E-state index contributed by atoms with van der Waals surface area (Å²) >= 11 is 0. The zero-order valence-electron chi connectivity index (χ0n) is 14.1. The van der Waals surface area contributed by atoms with E-state index in [1.165, 1.54) is 0 Å². The number of fused-ring (bicyclic) bond motifs is 1. The molecule has 4 rings (SSSR count). The number of rotatable bonds is 5. The number of hydrogen-bond donors (Lipinski definition) is 1. The quantitative estimate of drug-likeness (QED) is 0.904. The maximum Gasteiger partial charge on any atom is 0.220 e. The molecule has 2 aromatic heterocycles. The van der Waals surface area contributed by atoms with Crippen LogP contribution in [0.4, 0.5) is 5.69 Å². The second-order valence-corrected chi connectivity index (χ2v) is 7.08. The number of piperidine rings is 1. The van der Waals surface area contributed by atoms with Crippen molar-refractivity contribution in [3.8, 4) is 0 Å². The fourth-order valence-electron chi connectivity index (χ4n) is 3.49. The van der Waals surface area contributed by atoms with E-state index in [2.05, 4.69) is 31.6 Å². The van der Waals surface area contributed by atoms with Gasteiger partial charge >= 0.3 is 0 Å². The van der Waals surface area contributed by atoms with Gasteiger partial charge in [-0.2, -0.15) is 9.61 Å². The summed E-state index contributed by atoms with van der Waals surface area (Å²) in [6.45, 7) is 4.00. The van der Waals surface area contributed by atoms with E-state index < -0.39 is 0 Å². The van der Waals surface area contributed by atoms with Crippen LogP contribution in [0.15, 0.2) is 12.4 Å². The predicted octanol–water partition coefficient (Wildman–Crippen LogP) is 1.71. The number of amides is 1. The fraction of sp³-hybridized carbons (Fsp3) is 0.647. The molecule has 7 nitrogen and oxygen atoms in total. The van der Waals surface area contributed by atoms with Crippen molar-refractivity contribution in [3.05, 3.63) is 18.1 Å². The molecule has 1 N–H and O–H groups in total. The Morgan fingerprint density at radius 1 is 1.29 bits per heavy atom. The average molecular weight is 328 g/mol. The van der Waals surface area contributed by atoms with Crippen molar-refractivity contribution in [1.29, 1.82) is 0 Å². The molecule has 3 heterocycles. The van der Waals surface area contributed by atoms with Gasteiger partial charge in [0.1, 0.15) is 6.33 Å². The van der Waals surface area contributed by atoms with Crippen molar-refractivity contribution in [1.82, 2.24) is 25.1 Å². The van der Waals surface area contributed by atoms with Gasteiger partial charge in [-0.15, -0.1) is 10.2 Å². The van der Waals surface area contributed by atoms with Crippen LogP contribution in [-0.2, 0) is 4.79 Å². The van der Waals surface area contributed by atoms with Crippen molar-refractivity contribution in [2.75, 3.05) is 18.0 Å². The lowest BCUT2D eigenvalue weighted by molar-refractivity contribution is -0.121. The predicted molar refractivity (Wildman–Crippen MR) is 90.9 cm³/mol. The van der Waals surface area contributed by atoms with E-state index in [0.29, 0.717) is 18.4 Å². The molecule has 1 aliphatic carbocycles. The average Bonchev–Trinajstić information content (AvgIpc) is 3.26. The Kier molecular flexibility index (Phi) is 4.08. The number of hydrogen-bond acceptors (Lipinski definition) is 5. The number of anilines is 1. The van der Waals surface area contributed by atoms with E-state index in [4.69, 9.17) is 0 Å². The molecule has 0 spiro atoms. The van der Waals surface area contributed by atoms with Crippen LogP contribution in [0, 0.1) is 12.8 Å². The molecule has 0 atom stereocenters. The monoisotopic (exact) mass is 328 g/mol. The van der Waals surface area contributed by atoms with E-state index in [1.54, 1.807) is 10.8 Å². The highest BCUT2D eigenvalue weighted by Gasteiger charge is 2.25. The van der Waals surface area contributed by atoms with Crippen LogP contribution in [-0.4, -0.2) is 44.8 Å². The van der Waals surface area contributed by atoms with Crippen LogP contribution in [0.3, 0.4) is 0 Å². The zero-order valence-corrected chi connectivity index (χ0v) is 14.1. The third kappa shape index (κ3) is 3.34. The lowest BCUT2D eigenvalue weighted by Gasteiger charge is -2.33. The number of nitrogens with zero attached hydrogens (tertiary/aromatic N) is 5. The van der Waals surface area contributed by atoms with Gasteiger partial charge in [0.05, 0.1) is 11.4 Å². The minimum absolute atomic E-state index is 0.231. The maximum atomic E-state index is 11.8. The normalized spacial score (nSPS) is 19.0. The minimum atomic E-state index is 0.231. The van der Waals surface area contributed by atoms with Crippen molar-refractivity contribution >= 4 is 17.2 Å². The van der Waals surface area contributed by atoms with Crippen LogP contribution in [0.1, 0.15) is 44.2 Å². The van der Waals surface area contributed by atoms with Gasteiger partial charge in [0.25, 0.3) is 0 Å². The van der Waals surface area contributed by atoms with E-state index in [1.807, 2.05) is 6.92 Å². The van der Waals surface area contributed by atoms with Gasteiger partial charge in [0.2, 0.25) is 11.6 Å². The van der Waals surface area contributed by atoms with Crippen LogP contribution in [0.25, 0.3) is 5.65 Å².